The van der Waals surface area contributed by atoms with E-state index in [2.05, 4.69) is 5.32 Å². The first kappa shape index (κ1) is 13.9. The lowest BCUT2D eigenvalue weighted by Crippen LogP contribution is -2.31. The highest BCUT2D eigenvalue weighted by Crippen LogP contribution is 2.20. The van der Waals surface area contributed by atoms with Crippen LogP contribution in [0.4, 0.5) is 0 Å². The van der Waals surface area contributed by atoms with Gasteiger partial charge in [-0.3, -0.25) is 4.79 Å². The topological polar surface area (TPSA) is 47.6 Å². The van der Waals surface area contributed by atoms with Gasteiger partial charge in [-0.2, -0.15) is 0 Å². The lowest BCUT2D eigenvalue weighted by Gasteiger charge is -2.12. The molecule has 1 saturated heterocycles. The zero-order chi connectivity index (χ0) is 13.7. The molecule has 0 bridgehead atoms. The third-order valence-corrected chi connectivity index (χ3v) is 3.44. The van der Waals surface area contributed by atoms with E-state index in [1.807, 2.05) is 19.1 Å². The van der Waals surface area contributed by atoms with Crippen molar-refractivity contribution in [1.29, 1.82) is 0 Å². The van der Waals surface area contributed by atoms with Crippen molar-refractivity contribution in [3.63, 3.8) is 0 Å². The Balaban J connectivity index is 1.98. The summed E-state index contributed by atoms with van der Waals surface area (Å²) in [5.74, 6) is 0.783. The van der Waals surface area contributed by atoms with Crippen LogP contribution in [0, 0.1) is 0 Å². The molecular weight excluding hydrogens is 242 g/mol. The van der Waals surface area contributed by atoms with Gasteiger partial charge in [0.15, 0.2) is 0 Å². The maximum atomic E-state index is 12.1. The second kappa shape index (κ2) is 6.57. The van der Waals surface area contributed by atoms with Crippen molar-refractivity contribution < 1.29 is 14.3 Å². The highest BCUT2D eigenvalue weighted by molar-refractivity contribution is 5.94. The fourth-order valence-electron chi connectivity index (χ4n) is 2.31. The van der Waals surface area contributed by atoms with Gasteiger partial charge in [0.25, 0.3) is 5.91 Å². The Morgan fingerprint density at radius 2 is 2.37 bits per heavy atom. The van der Waals surface area contributed by atoms with Crippen molar-refractivity contribution >= 4 is 5.91 Å². The van der Waals surface area contributed by atoms with E-state index in [1.54, 1.807) is 13.2 Å². The fraction of sp³-hybridized carbons (Fsp3) is 0.533. The van der Waals surface area contributed by atoms with Crippen LogP contribution in [0.15, 0.2) is 18.2 Å². The molecule has 1 amide bonds. The minimum Gasteiger partial charge on any atom is -0.496 e. The molecule has 1 aliphatic heterocycles. The first-order valence-corrected chi connectivity index (χ1v) is 6.81. The van der Waals surface area contributed by atoms with Crippen molar-refractivity contribution in [3.05, 3.63) is 29.3 Å². The Labute approximate surface area is 114 Å². The van der Waals surface area contributed by atoms with Gasteiger partial charge in [0.2, 0.25) is 0 Å². The molecule has 1 aromatic rings. The third-order valence-electron chi connectivity index (χ3n) is 3.44. The Morgan fingerprint density at radius 1 is 1.53 bits per heavy atom. The van der Waals surface area contributed by atoms with E-state index in [4.69, 9.17) is 9.47 Å². The standard InChI is InChI=1S/C15H21NO3/c1-3-11-9-12(6-7-14(11)18-2)15(17)16-10-13-5-4-8-19-13/h6-7,9,13H,3-5,8,10H2,1-2H3,(H,16,17). The molecule has 1 aliphatic rings. The number of carbonyl (C=O) groups excluding carboxylic acids is 1. The summed E-state index contributed by atoms with van der Waals surface area (Å²) >= 11 is 0. The van der Waals surface area contributed by atoms with Crippen LogP contribution in [-0.4, -0.2) is 32.3 Å². The molecule has 0 radical (unpaired) electrons. The van der Waals surface area contributed by atoms with Gasteiger partial charge < -0.3 is 14.8 Å². The molecule has 0 spiro atoms. The second-order valence-corrected chi connectivity index (χ2v) is 4.73. The number of nitrogens with one attached hydrogen (secondary N) is 1. The van der Waals surface area contributed by atoms with Crippen LogP contribution in [0.2, 0.25) is 0 Å². The molecule has 1 atom stereocenters. The van der Waals surface area contributed by atoms with Crippen molar-refractivity contribution in [2.45, 2.75) is 32.3 Å². The maximum absolute atomic E-state index is 12.1. The molecule has 1 N–H and O–H groups in total. The molecular formula is C15H21NO3. The number of rotatable bonds is 5. The highest BCUT2D eigenvalue weighted by atomic mass is 16.5. The van der Waals surface area contributed by atoms with E-state index in [0.717, 1.165) is 37.2 Å². The van der Waals surface area contributed by atoms with Gasteiger partial charge in [-0.25, -0.2) is 0 Å². The van der Waals surface area contributed by atoms with Crippen LogP contribution >= 0.6 is 0 Å². The molecule has 4 heteroatoms. The molecule has 4 nitrogen and oxygen atoms in total. The summed E-state index contributed by atoms with van der Waals surface area (Å²) in [4.78, 5) is 12.1. The molecule has 1 fully saturated rings. The summed E-state index contributed by atoms with van der Waals surface area (Å²) in [6.45, 7) is 3.45. The molecule has 0 aromatic heterocycles. The number of amides is 1. The molecule has 1 heterocycles. The van der Waals surface area contributed by atoms with Crippen LogP contribution in [0.25, 0.3) is 0 Å². The lowest BCUT2D eigenvalue weighted by atomic mass is 10.1. The average molecular weight is 263 g/mol. The number of hydrogen-bond donors (Lipinski definition) is 1. The number of ether oxygens (including phenoxy) is 2. The summed E-state index contributed by atoms with van der Waals surface area (Å²) in [6.07, 6.45) is 3.13. The number of methoxy groups -OCH3 is 1. The van der Waals surface area contributed by atoms with E-state index in [-0.39, 0.29) is 12.0 Å². The van der Waals surface area contributed by atoms with Gasteiger partial charge in [-0.1, -0.05) is 6.92 Å². The monoisotopic (exact) mass is 263 g/mol. The van der Waals surface area contributed by atoms with Crippen LogP contribution in [0.3, 0.4) is 0 Å². The predicted molar refractivity (Wildman–Crippen MR) is 73.7 cm³/mol. The zero-order valence-electron chi connectivity index (χ0n) is 11.6. The smallest absolute Gasteiger partial charge is 0.251 e. The van der Waals surface area contributed by atoms with E-state index < -0.39 is 0 Å². The van der Waals surface area contributed by atoms with Crippen LogP contribution in [0.1, 0.15) is 35.7 Å². The molecule has 0 aliphatic carbocycles. The Bertz CT molecular complexity index is 439. The van der Waals surface area contributed by atoms with Crippen molar-refractivity contribution in [2.24, 2.45) is 0 Å². The quantitative estimate of drug-likeness (QED) is 0.885. The molecule has 104 valence electrons. The SMILES string of the molecule is CCc1cc(C(=O)NCC2CCCO2)ccc1OC. The molecule has 2 rings (SSSR count). The third kappa shape index (κ3) is 3.47. The molecule has 19 heavy (non-hydrogen) atoms. The summed E-state index contributed by atoms with van der Waals surface area (Å²) in [5, 5.41) is 2.92. The van der Waals surface area contributed by atoms with E-state index in [1.165, 1.54) is 0 Å². The van der Waals surface area contributed by atoms with Gasteiger partial charge in [-0.15, -0.1) is 0 Å². The fourth-order valence-corrected chi connectivity index (χ4v) is 2.31. The minimum absolute atomic E-state index is 0.0483. The van der Waals surface area contributed by atoms with Gasteiger partial charge in [0.1, 0.15) is 5.75 Å². The zero-order valence-corrected chi connectivity index (χ0v) is 11.6. The summed E-state index contributed by atoms with van der Waals surface area (Å²) in [6, 6.07) is 5.53. The van der Waals surface area contributed by atoms with Gasteiger partial charge in [-0.05, 0) is 43.0 Å². The Morgan fingerprint density at radius 3 is 3.00 bits per heavy atom. The highest BCUT2D eigenvalue weighted by Gasteiger charge is 2.17. The van der Waals surface area contributed by atoms with Crippen molar-refractivity contribution in [2.75, 3.05) is 20.3 Å². The number of carbonyl (C=O) groups is 1. The maximum Gasteiger partial charge on any atom is 0.251 e. The second-order valence-electron chi connectivity index (χ2n) is 4.73. The van der Waals surface area contributed by atoms with Crippen LogP contribution < -0.4 is 10.1 Å². The van der Waals surface area contributed by atoms with E-state index in [9.17, 15) is 4.79 Å². The van der Waals surface area contributed by atoms with Gasteiger partial charge in [0.05, 0.1) is 13.2 Å². The molecule has 1 aromatic carbocycles. The van der Waals surface area contributed by atoms with Crippen molar-refractivity contribution in [1.82, 2.24) is 5.32 Å². The summed E-state index contributed by atoms with van der Waals surface area (Å²) in [5.41, 5.74) is 1.72. The van der Waals surface area contributed by atoms with Crippen LogP contribution in [-0.2, 0) is 11.2 Å². The molecule has 1 unspecified atom stereocenters. The Hall–Kier alpha value is -1.55. The van der Waals surface area contributed by atoms with Gasteiger partial charge >= 0.3 is 0 Å². The van der Waals surface area contributed by atoms with Gasteiger partial charge in [0, 0.05) is 18.7 Å². The first-order chi connectivity index (χ1) is 9.24. The Kier molecular flexibility index (Phi) is 4.80. The summed E-state index contributed by atoms with van der Waals surface area (Å²) < 4.78 is 10.7. The molecule has 0 saturated carbocycles. The van der Waals surface area contributed by atoms with Crippen molar-refractivity contribution in [3.8, 4) is 5.75 Å². The number of aryl methyl sites for hydroxylation is 1. The summed E-state index contributed by atoms with van der Waals surface area (Å²) in [7, 11) is 1.64. The number of benzene rings is 1. The first-order valence-electron chi connectivity index (χ1n) is 6.81. The largest absolute Gasteiger partial charge is 0.496 e. The normalized spacial score (nSPS) is 18.3. The van der Waals surface area contributed by atoms with E-state index in [0.29, 0.717) is 12.1 Å². The van der Waals surface area contributed by atoms with E-state index >= 15 is 0 Å². The minimum atomic E-state index is -0.0483. The predicted octanol–water partition coefficient (Wildman–Crippen LogP) is 2.17. The average Bonchev–Trinajstić information content (AvgIpc) is 2.97. The lowest BCUT2D eigenvalue weighted by molar-refractivity contribution is 0.0857. The number of hydrogen-bond acceptors (Lipinski definition) is 3. The van der Waals surface area contributed by atoms with Crippen LogP contribution in [0.5, 0.6) is 5.75 Å².